The zero-order valence-electron chi connectivity index (χ0n) is 11.4. The smallest absolute Gasteiger partial charge is 0.313 e. The number of aromatic nitrogens is 1. The summed E-state index contributed by atoms with van der Waals surface area (Å²) in [5.41, 5.74) is 0.596. The van der Waals surface area contributed by atoms with Crippen molar-refractivity contribution in [1.29, 1.82) is 0 Å². The van der Waals surface area contributed by atoms with Gasteiger partial charge in [0.15, 0.2) is 0 Å². The van der Waals surface area contributed by atoms with Crippen LogP contribution in [0, 0.1) is 10.1 Å². The van der Waals surface area contributed by atoms with Gasteiger partial charge in [0.05, 0.1) is 28.0 Å². The number of hydrogen-bond donors (Lipinski definition) is 1. The number of benzene rings is 1. The van der Waals surface area contributed by atoms with Crippen LogP contribution in [0.2, 0.25) is 5.02 Å². The largest absolute Gasteiger partial charge is 0.447 e. The number of nitrogens with one attached hydrogen (secondary N) is 1. The minimum absolute atomic E-state index is 0.0126. The molecular weight excluding hydrogens is 294 g/mol. The van der Waals surface area contributed by atoms with Crippen LogP contribution in [0.3, 0.4) is 0 Å². The van der Waals surface area contributed by atoms with Crippen molar-refractivity contribution in [3.63, 3.8) is 0 Å². The molecule has 0 unspecified atom stereocenters. The molecule has 6 nitrogen and oxygen atoms in total. The highest BCUT2D eigenvalue weighted by molar-refractivity contribution is 6.32. The van der Waals surface area contributed by atoms with E-state index in [1.54, 1.807) is 12.3 Å². The molecular formula is C14H14ClN3O3. The molecule has 0 radical (unpaired) electrons. The van der Waals surface area contributed by atoms with Crippen LogP contribution >= 0.6 is 11.6 Å². The van der Waals surface area contributed by atoms with Gasteiger partial charge in [0.25, 0.3) is 0 Å². The average Bonchev–Trinajstić information content (AvgIpc) is 2.47. The molecule has 0 fully saturated rings. The molecule has 1 aromatic carbocycles. The Morgan fingerprint density at radius 1 is 1.43 bits per heavy atom. The molecule has 1 heterocycles. The van der Waals surface area contributed by atoms with Crippen molar-refractivity contribution in [2.75, 3.05) is 11.9 Å². The monoisotopic (exact) mass is 307 g/mol. The molecule has 0 bridgehead atoms. The lowest BCUT2D eigenvalue weighted by Gasteiger charge is -2.09. The quantitative estimate of drug-likeness (QED) is 0.637. The first-order valence-corrected chi connectivity index (χ1v) is 6.79. The molecule has 0 atom stereocenters. The number of halogens is 1. The van der Waals surface area contributed by atoms with Gasteiger partial charge in [0.1, 0.15) is 5.75 Å². The van der Waals surface area contributed by atoms with Crippen LogP contribution in [0.5, 0.6) is 11.5 Å². The van der Waals surface area contributed by atoms with E-state index in [0.29, 0.717) is 5.75 Å². The number of para-hydroxylation sites is 1. The lowest BCUT2D eigenvalue weighted by Crippen LogP contribution is -2.00. The maximum Gasteiger partial charge on any atom is 0.313 e. The maximum absolute atomic E-state index is 11.0. The molecule has 2 aromatic rings. The van der Waals surface area contributed by atoms with Crippen molar-refractivity contribution in [3.8, 4) is 11.5 Å². The minimum Gasteiger partial charge on any atom is -0.447 e. The lowest BCUT2D eigenvalue weighted by atomic mass is 10.3. The number of rotatable bonds is 6. The summed E-state index contributed by atoms with van der Waals surface area (Å²) < 4.78 is 5.55. The summed E-state index contributed by atoms with van der Waals surface area (Å²) in [6, 6.07) is 6.10. The number of ether oxygens (including phenoxy) is 1. The number of nitro benzene ring substituents is 1. The summed E-state index contributed by atoms with van der Waals surface area (Å²) in [4.78, 5) is 14.5. The molecule has 1 aromatic heterocycles. The summed E-state index contributed by atoms with van der Waals surface area (Å²) in [6.07, 6.45) is 4.11. The van der Waals surface area contributed by atoms with Crippen molar-refractivity contribution in [2.24, 2.45) is 0 Å². The average molecular weight is 308 g/mol. The fourth-order valence-corrected chi connectivity index (χ4v) is 1.91. The van der Waals surface area contributed by atoms with Gasteiger partial charge in [-0.15, -0.1) is 0 Å². The zero-order valence-corrected chi connectivity index (χ0v) is 12.1. The van der Waals surface area contributed by atoms with E-state index in [0.717, 1.165) is 18.7 Å². The van der Waals surface area contributed by atoms with E-state index >= 15 is 0 Å². The Balaban J connectivity index is 2.28. The predicted molar refractivity (Wildman–Crippen MR) is 81.2 cm³/mol. The summed E-state index contributed by atoms with van der Waals surface area (Å²) >= 11 is 5.98. The molecule has 21 heavy (non-hydrogen) atoms. The van der Waals surface area contributed by atoms with Gasteiger partial charge < -0.3 is 10.1 Å². The molecule has 0 aliphatic heterocycles. The lowest BCUT2D eigenvalue weighted by molar-refractivity contribution is -0.385. The Morgan fingerprint density at radius 3 is 2.95 bits per heavy atom. The van der Waals surface area contributed by atoms with Crippen LogP contribution < -0.4 is 10.1 Å². The number of hydrogen-bond acceptors (Lipinski definition) is 5. The van der Waals surface area contributed by atoms with E-state index in [1.165, 1.54) is 24.4 Å². The number of nitro groups is 1. The van der Waals surface area contributed by atoms with E-state index in [-0.39, 0.29) is 16.5 Å². The van der Waals surface area contributed by atoms with Crippen LogP contribution in [-0.2, 0) is 0 Å². The highest BCUT2D eigenvalue weighted by Crippen LogP contribution is 2.37. The van der Waals surface area contributed by atoms with Gasteiger partial charge in [0.2, 0.25) is 5.75 Å². The molecule has 7 heteroatoms. The second-order valence-electron chi connectivity index (χ2n) is 4.28. The van der Waals surface area contributed by atoms with Gasteiger partial charge in [-0.1, -0.05) is 24.6 Å². The first-order valence-electron chi connectivity index (χ1n) is 6.41. The van der Waals surface area contributed by atoms with Gasteiger partial charge in [-0.3, -0.25) is 15.1 Å². The van der Waals surface area contributed by atoms with E-state index < -0.39 is 4.92 Å². The van der Waals surface area contributed by atoms with Crippen LogP contribution in [0.4, 0.5) is 11.4 Å². The molecule has 0 amide bonds. The highest BCUT2D eigenvalue weighted by Gasteiger charge is 2.19. The molecule has 0 saturated carbocycles. The summed E-state index contributed by atoms with van der Waals surface area (Å²) in [7, 11) is 0. The Hall–Kier alpha value is -2.34. The molecule has 0 aliphatic rings. The Morgan fingerprint density at radius 2 is 2.24 bits per heavy atom. The maximum atomic E-state index is 11.0. The minimum atomic E-state index is -0.534. The van der Waals surface area contributed by atoms with Crippen molar-refractivity contribution < 1.29 is 9.66 Å². The topological polar surface area (TPSA) is 77.3 Å². The van der Waals surface area contributed by atoms with Gasteiger partial charge in [-0.2, -0.15) is 0 Å². The fourth-order valence-electron chi connectivity index (χ4n) is 1.70. The van der Waals surface area contributed by atoms with E-state index in [9.17, 15) is 10.1 Å². The van der Waals surface area contributed by atoms with Gasteiger partial charge in [-0.05, 0) is 12.5 Å². The normalized spacial score (nSPS) is 10.2. The third-order valence-electron chi connectivity index (χ3n) is 2.66. The molecule has 0 spiro atoms. The van der Waals surface area contributed by atoms with Crippen LogP contribution in [0.15, 0.2) is 36.7 Å². The van der Waals surface area contributed by atoms with Gasteiger partial charge >= 0.3 is 5.69 Å². The Bertz CT molecular complexity index is 649. The molecule has 1 N–H and O–H groups in total. The van der Waals surface area contributed by atoms with E-state index in [4.69, 9.17) is 16.3 Å². The summed E-state index contributed by atoms with van der Waals surface area (Å²) in [5, 5.41) is 14.4. The second-order valence-corrected chi connectivity index (χ2v) is 4.69. The van der Waals surface area contributed by atoms with Crippen molar-refractivity contribution in [3.05, 3.63) is 51.8 Å². The third kappa shape index (κ3) is 3.82. The molecule has 0 saturated heterocycles. The molecule has 0 aliphatic carbocycles. The van der Waals surface area contributed by atoms with Gasteiger partial charge in [-0.25, -0.2) is 0 Å². The fraction of sp³-hybridized carbons (Fsp3) is 0.214. The number of pyridine rings is 1. The SMILES string of the molecule is CCCNc1cncc(Oc2c(Cl)cccc2[N+](=O)[O-])c1. The van der Waals surface area contributed by atoms with E-state index in [1.807, 2.05) is 6.92 Å². The summed E-state index contributed by atoms with van der Waals surface area (Å²) in [6.45, 7) is 2.85. The molecule has 2 rings (SSSR count). The zero-order chi connectivity index (χ0) is 15.2. The first kappa shape index (κ1) is 15.1. The first-order chi connectivity index (χ1) is 10.1. The second kappa shape index (κ2) is 6.90. The highest BCUT2D eigenvalue weighted by atomic mass is 35.5. The number of anilines is 1. The Kier molecular flexibility index (Phi) is 4.94. The molecule has 110 valence electrons. The van der Waals surface area contributed by atoms with Gasteiger partial charge in [0, 0.05) is 18.7 Å². The van der Waals surface area contributed by atoms with E-state index in [2.05, 4.69) is 10.3 Å². The predicted octanol–water partition coefficient (Wildman–Crippen LogP) is 4.26. The van der Waals surface area contributed by atoms with Crippen molar-refractivity contribution in [2.45, 2.75) is 13.3 Å². The summed E-state index contributed by atoms with van der Waals surface area (Å²) in [5.74, 6) is 0.394. The van der Waals surface area contributed by atoms with Crippen LogP contribution in [0.25, 0.3) is 0 Å². The third-order valence-corrected chi connectivity index (χ3v) is 2.95. The number of nitrogens with zero attached hydrogens (tertiary/aromatic N) is 2. The van der Waals surface area contributed by atoms with Crippen molar-refractivity contribution in [1.82, 2.24) is 4.98 Å². The van der Waals surface area contributed by atoms with Crippen LogP contribution in [-0.4, -0.2) is 16.5 Å². The van der Waals surface area contributed by atoms with Crippen molar-refractivity contribution >= 4 is 23.0 Å². The standard InChI is InChI=1S/C14H14ClN3O3/c1-2-6-17-10-7-11(9-16-8-10)21-14-12(15)4-3-5-13(14)18(19)20/h3-5,7-9,17H,2,6H2,1H3. The van der Waals surface area contributed by atoms with Crippen LogP contribution in [0.1, 0.15) is 13.3 Å². The Labute approximate surface area is 126 Å².